The molecule has 0 saturated carbocycles. The van der Waals surface area contributed by atoms with Gasteiger partial charge >= 0.3 is 0 Å². The van der Waals surface area contributed by atoms with Gasteiger partial charge in [-0.15, -0.1) is 0 Å². The lowest BCUT2D eigenvalue weighted by Gasteiger charge is -2.43. The molecule has 3 aromatic carbocycles. The number of primary amides is 1. The maximum atomic E-state index is 13.7. The quantitative estimate of drug-likeness (QED) is 0.244. The smallest absolute Gasteiger partial charge is 0.249 e. The summed E-state index contributed by atoms with van der Waals surface area (Å²) in [5.41, 5.74) is 12.1. The van der Waals surface area contributed by atoms with E-state index in [1.165, 1.54) is 18.1 Å². The predicted octanol–water partition coefficient (Wildman–Crippen LogP) is 4.95. The lowest BCUT2D eigenvalue weighted by molar-refractivity contribution is -0.118. The summed E-state index contributed by atoms with van der Waals surface area (Å²) in [6, 6.07) is 28.8. The van der Waals surface area contributed by atoms with Crippen LogP contribution in [-0.4, -0.2) is 48.8 Å². The van der Waals surface area contributed by atoms with Gasteiger partial charge in [-0.3, -0.25) is 14.4 Å². The van der Waals surface area contributed by atoms with Crippen molar-refractivity contribution < 1.29 is 14.4 Å². The molecule has 0 aliphatic carbocycles. The second-order valence-electron chi connectivity index (χ2n) is 12.1. The molecule has 45 heavy (non-hydrogen) atoms. The van der Waals surface area contributed by atoms with Crippen molar-refractivity contribution in [2.24, 2.45) is 5.73 Å². The van der Waals surface area contributed by atoms with Gasteiger partial charge in [-0.25, -0.2) is 0 Å². The van der Waals surface area contributed by atoms with Gasteiger partial charge in [0.05, 0.1) is 0 Å². The van der Waals surface area contributed by atoms with Gasteiger partial charge in [0.25, 0.3) is 0 Å². The molecule has 234 valence electrons. The zero-order valence-electron chi connectivity index (χ0n) is 26.4. The number of anilines is 1. The van der Waals surface area contributed by atoms with Gasteiger partial charge in [-0.1, -0.05) is 72.8 Å². The highest BCUT2D eigenvalue weighted by atomic mass is 16.2. The summed E-state index contributed by atoms with van der Waals surface area (Å²) >= 11 is 0. The standard InChI is InChI=1S/C37H43N5O3/c1-25-32(35(38)44)34(28-15-17-31(18-16-28)41-27(3)43)33(26(2)40-25)36(45)39-21-10-22-42-23-19-37(20-24-42,29-11-6-4-7-12-29)30-13-8-5-9-14-30/h4-9,11-18,34,40H,10,19-24H2,1-3H3,(H2,38,44)(H,39,45)(H,41,43). The van der Waals surface area contributed by atoms with E-state index in [2.05, 4.69) is 81.5 Å². The second-order valence-corrected chi connectivity index (χ2v) is 12.1. The van der Waals surface area contributed by atoms with Crippen molar-refractivity contribution in [1.29, 1.82) is 0 Å². The number of amides is 3. The Morgan fingerprint density at radius 2 is 1.40 bits per heavy atom. The normalized spacial score (nSPS) is 18.2. The lowest BCUT2D eigenvalue weighted by atomic mass is 9.68. The predicted molar refractivity (Wildman–Crippen MR) is 178 cm³/mol. The van der Waals surface area contributed by atoms with E-state index in [1.54, 1.807) is 19.1 Å². The number of hydrogen-bond donors (Lipinski definition) is 4. The van der Waals surface area contributed by atoms with Crippen molar-refractivity contribution in [2.75, 3.05) is 31.5 Å². The lowest BCUT2D eigenvalue weighted by Crippen LogP contribution is -2.44. The molecule has 3 amide bonds. The van der Waals surface area contributed by atoms with Crippen LogP contribution in [0.25, 0.3) is 0 Å². The molecule has 8 heteroatoms. The first-order valence-corrected chi connectivity index (χ1v) is 15.7. The maximum absolute atomic E-state index is 13.7. The molecule has 5 N–H and O–H groups in total. The Hall–Kier alpha value is -4.69. The third-order valence-electron chi connectivity index (χ3n) is 9.13. The molecule has 0 radical (unpaired) electrons. The van der Waals surface area contributed by atoms with Crippen LogP contribution in [-0.2, 0) is 19.8 Å². The minimum atomic E-state index is -0.624. The topological polar surface area (TPSA) is 117 Å². The van der Waals surface area contributed by atoms with E-state index in [1.807, 2.05) is 19.1 Å². The number of nitrogens with zero attached hydrogens (tertiary/aromatic N) is 1. The van der Waals surface area contributed by atoms with Crippen LogP contribution in [0.1, 0.15) is 62.6 Å². The van der Waals surface area contributed by atoms with Crippen LogP contribution in [0.4, 0.5) is 5.69 Å². The zero-order chi connectivity index (χ0) is 32.0. The Morgan fingerprint density at radius 3 is 1.93 bits per heavy atom. The monoisotopic (exact) mass is 605 g/mol. The van der Waals surface area contributed by atoms with Crippen LogP contribution in [0, 0.1) is 0 Å². The summed E-state index contributed by atoms with van der Waals surface area (Å²) in [4.78, 5) is 40.3. The van der Waals surface area contributed by atoms with E-state index in [0.717, 1.165) is 44.5 Å². The van der Waals surface area contributed by atoms with Crippen LogP contribution in [0.3, 0.4) is 0 Å². The van der Waals surface area contributed by atoms with Crippen molar-refractivity contribution in [3.8, 4) is 0 Å². The Morgan fingerprint density at radius 1 is 0.844 bits per heavy atom. The van der Waals surface area contributed by atoms with Crippen molar-refractivity contribution in [1.82, 2.24) is 15.5 Å². The Balaban J connectivity index is 1.22. The zero-order valence-corrected chi connectivity index (χ0v) is 26.4. The van der Waals surface area contributed by atoms with Gasteiger partial charge in [0.15, 0.2) is 0 Å². The summed E-state index contributed by atoms with van der Waals surface area (Å²) in [5, 5.41) is 9.05. The maximum Gasteiger partial charge on any atom is 0.249 e. The minimum Gasteiger partial charge on any atom is -0.366 e. The molecular formula is C37H43N5O3. The number of piperidine rings is 1. The highest BCUT2D eigenvalue weighted by molar-refractivity contribution is 6.03. The van der Waals surface area contributed by atoms with Crippen LogP contribution in [0.2, 0.25) is 0 Å². The van der Waals surface area contributed by atoms with E-state index < -0.39 is 11.8 Å². The largest absolute Gasteiger partial charge is 0.366 e. The number of hydrogen-bond acceptors (Lipinski definition) is 5. The molecule has 2 aliphatic heterocycles. The number of dihydropyridines is 1. The summed E-state index contributed by atoms with van der Waals surface area (Å²) < 4.78 is 0. The molecule has 0 aromatic heterocycles. The summed E-state index contributed by atoms with van der Waals surface area (Å²) in [6.45, 7) is 8.44. The first-order valence-electron chi connectivity index (χ1n) is 15.7. The fraction of sp³-hybridized carbons (Fsp3) is 0.324. The van der Waals surface area contributed by atoms with E-state index in [9.17, 15) is 14.4 Å². The molecule has 2 heterocycles. The number of carbonyl (C=O) groups excluding carboxylic acids is 3. The number of benzene rings is 3. The molecule has 3 aromatic rings. The molecule has 1 fully saturated rings. The van der Waals surface area contributed by atoms with Gasteiger partial charge in [-0.2, -0.15) is 0 Å². The van der Waals surface area contributed by atoms with Crippen LogP contribution in [0.15, 0.2) is 107 Å². The molecule has 0 bridgehead atoms. The van der Waals surface area contributed by atoms with Gasteiger partial charge in [0.2, 0.25) is 17.7 Å². The molecule has 1 saturated heterocycles. The van der Waals surface area contributed by atoms with E-state index >= 15 is 0 Å². The Kier molecular flexibility index (Phi) is 9.83. The number of rotatable bonds is 10. The first-order chi connectivity index (χ1) is 21.7. The summed E-state index contributed by atoms with van der Waals surface area (Å²) in [6.07, 6.45) is 2.88. The van der Waals surface area contributed by atoms with Crippen molar-refractivity contribution in [3.05, 3.63) is 124 Å². The van der Waals surface area contributed by atoms with Crippen LogP contribution in [0.5, 0.6) is 0 Å². The molecule has 8 nitrogen and oxygen atoms in total. The average molecular weight is 606 g/mol. The number of nitrogens with two attached hydrogens (primary N) is 1. The fourth-order valence-electron chi connectivity index (χ4n) is 6.93. The van der Waals surface area contributed by atoms with E-state index in [0.29, 0.717) is 34.8 Å². The number of allylic oxidation sites excluding steroid dienone is 2. The fourth-order valence-corrected chi connectivity index (χ4v) is 6.93. The summed E-state index contributed by atoms with van der Waals surface area (Å²) in [5.74, 6) is -1.61. The highest BCUT2D eigenvalue weighted by Crippen LogP contribution is 2.42. The minimum absolute atomic E-state index is 0.00431. The number of carbonyl (C=O) groups is 3. The third-order valence-corrected chi connectivity index (χ3v) is 9.13. The van der Waals surface area contributed by atoms with Crippen molar-refractivity contribution in [3.63, 3.8) is 0 Å². The van der Waals surface area contributed by atoms with Gasteiger partial charge in [0.1, 0.15) is 0 Å². The van der Waals surface area contributed by atoms with Gasteiger partial charge < -0.3 is 26.6 Å². The molecular weight excluding hydrogens is 562 g/mol. The van der Waals surface area contributed by atoms with Crippen molar-refractivity contribution >= 4 is 23.4 Å². The first kappa shape index (κ1) is 31.7. The second kappa shape index (κ2) is 13.9. The third kappa shape index (κ3) is 7.02. The summed E-state index contributed by atoms with van der Waals surface area (Å²) in [7, 11) is 0. The molecule has 5 rings (SSSR count). The molecule has 1 atom stereocenters. The van der Waals surface area contributed by atoms with E-state index in [-0.39, 0.29) is 17.2 Å². The molecule has 2 aliphatic rings. The van der Waals surface area contributed by atoms with Crippen LogP contribution >= 0.6 is 0 Å². The molecule has 1 unspecified atom stereocenters. The van der Waals surface area contributed by atoms with Gasteiger partial charge in [0, 0.05) is 53.0 Å². The number of likely N-dealkylation sites (tertiary alicyclic amines) is 1. The van der Waals surface area contributed by atoms with Gasteiger partial charge in [-0.05, 0) is 81.6 Å². The van der Waals surface area contributed by atoms with Crippen LogP contribution < -0.4 is 21.7 Å². The Labute approximate surface area is 265 Å². The number of nitrogens with one attached hydrogen (secondary N) is 3. The van der Waals surface area contributed by atoms with Crippen molar-refractivity contribution in [2.45, 2.75) is 51.4 Å². The van der Waals surface area contributed by atoms with E-state index in [4.69, 9.17) is 5.73 Å². The molecule has 0 spiro atoms. The Bertz CT molecular complexity index is 1550. The average Bonchev–Trinajstić information content (AvgIpc) is 3.03. The highest BCUT2D eigenvalue weighted by Gasteiger charge is 2.38. The SMILES string of the molecule is CC(=O)Nc1ccc(C2C(C(N)=O)=C(C)NC(C)=C2C(=O)NCCCN2CCC(c3ccccc3)(c3ccccc3)CC2)cc1.